The summed E-state index contributed by atoms with van der Waals surface area (Å²) in [7, 11) is 0. The van der Waals surface area contributed by atoms with Crippen LogP contribution in [0.1, 0.15) is 32.6 Å². The molecule has 0 saturated carbocycles. The van der Waals surface area contributed by atoms with E-state index in [1.54, 1.807) is 0 Å². The minimum atomic E-state index is -0.814. The minimum Gasteiger partial charge on any atom is -0.479 e. The number of ether oxygens (including phenoxy) is 1. The molecule has 2 unspecified atom stereocenters. The number of hydrogen-bond donors (Lipinski definition) is 1. The van der Waals surface area contributed by atoms with Gasteiger partial charge in [-0.1, -0.05) is 13.3 Å². The topological polar surface area (TPSA) is 46.5 Å². The van der Waals surface area contributed by atoms with E-state index in [9.17, 15) is 4.79 Å². The summed E-state index contributed by atoms with van der Waals surface area (Å²) in [6.07, 6.45) is 3.64. The lowest BCUT2D eigenvalue weighted by atomic mass is 10.2. The highest BCUT2D eigenvalue weighted by Crippen LogP contribution is 2.23. The Bertz CT molecular complexity index is 184. The molecule has 1 fully saturated rings. The summed E-state index contributed by atoms with van der Waals surface area (Å²) in [5, 5.41) is 8.71. The van der Waals surface area contributed by atoms with E-state index in [0.717, 1.165) is 17.9 Å². The number of carboxylic acid groups (broad SMARTS) is 1. The lowest BCUT2D eigenvalue weighted by Gasteiger charge is -2.10. The molecule has 14 heavy (non-hydrogen) atoms. The number of aliphatic carboxylic acids is 1. The fourth-order valence-electron chi connectivity index (χ4n) is 1.47. The SMILES string of the molecule is CCCCSCC1CCC(C(=O)O)O1. The van der Waals surface area contributed by atoms with Crippen LogP contribution in [0.3, 0.4) is 0 Å². The monoisotopic (exact) mass is 218 g/mol. The number of carboxylic acids is 1. The van der Waals surface area contributed by atoms with Crippen molar-refractivity contribution in [2.24, 2.45) is 0 Å². The highest BCUT2D eigenvalue weighted by Gasteiger charge is 2.29. The summed E-state index contributed by atoms with van der Waals surface area (Å²) in [5.41, 5.74) is 0. The van der Waals surface area contributed by atoms with Crippen LogP contribution >= 0.6 is 11.8 Å². The van der Waals surface area contributed by atoms with E-state index in [4.69, 9.17) is 9.84 Å². The molecule has 3 nitrogen and oxygen atoms in total. The summed E-state index contributed by atoms with van der Waals surface area (Å²) < 4.78 is 5.38. The zero-order chi connectivity index (χ0) is 10.4. The Kier molecular flexibility index (Phi) is 5.33. The average Bonchev–Trinajstić information content (AvgIpc) is 2.61. The molecule has 4 heteroatoms. The molecule has 1 aliphatic heterocycles. The van der Waals surface area contributed by atoms with E-state index in [2.05, 4.69) is 6.92 Å². The first kappa shape index (κ1) is 11.9. The molecule has 0 bridgehead atoms. The van der Waals surface area contributed by atoms with Crippen molar-refractivity contribution in [3.05, 3.63) is 0 Å². The van der Waals surface area contributed by atoms with Crippen LogP contribution in [0.15, 0.2) is 0 Å². The lowest BCUT2D eigenvalue weighted by molar-refractivity contribution is -0.148. The van der Waals surface area contributed by atoms with Gasteiger partial charge in [-0.2, -0.15) is 11.8 Å². The van der Waals surface area contributed by atoms with E-state index in [0.29, 0.717) is 6.42 Å². The van der Waals surface area contributed by atoms with E-state index in [1.165, 1.54) is 12.8 Å². The van der Waals surface area contributed by atoms with Crippen molar-refractivity contribution in [1.82, 2.24) is 0 Å². The Morgan fingerprint density at radius 1 is 1.57 bits per heavy atom. The smallest absolute Gasteiger partial charge is 0.332 e. The molecule has 1 N–H and O–H groups in total. The molecule has 0 aliphatic carbocycles. The molecular formula is C10H18O3S. The second-order valence-corrected chi connectivity index (χ2v) is 4.74. The molecule has 0 radical (unpaired) electrons. The molecular weight excluding hydrogens is 200 g/mol. The molecule has 82 valence electrons. The molecule has 0 aromatic rings. The number of rotatable bonds is 6. The Morgan fingerprint density at radius 3 is 2.93 bits per heavy atom. The van der Waals surface area contributed by atoms with Gasteiger partial charge in [-0.05, 0) is 25.0 Å². The van der Waals surface area contributed by atoms with Crippen LogP contribution < -0.4 is 0 Å². The summed E-state index contributed by atoms with van der Waals surface area (Å²) >= 11 is 1.87. The summed E-state index contributed by atoms with van der Waals surface area (Å²) in [5.74, 6) is 1.30. The number of hydrogen-bond acceptors (Lipinski definition) is 3. The minimum absolute atomic E-state index is 0.165. The largest absolute Gasteiger partial charge is 0.479 e. The second-order valence-electron chi connectivity index (χ2n) is 3.59. The van der Waals surface area contributed by atoms with Gasteiger partial charge in [0.1, 0.15) is 0 Å². The molecule has 0 aromatic heterocycles. The molecule has 1 heterocycles. The van der Waals surface area contributed by atoms with E-state index < -0.39 is 12.1 Å². The number of unbranched alkanes of at least 4 members (excludes halogenated alkanes) is 1. The van der Waals surface area contributed by atoms with Crippen LogP contribution in [-0.2, 0) is 9.53 Å². The quantitative estimate of drug-likeness (QED) is 0.694. The predicted octanol–water partition coefficient (Wildman–Crippen LogP) is 2.15. The lowest BCUT2D eigenvalue weighted by Crippen LogP contribution is -2.21. The van der Waals surface area contributed by atoms with Gasteiger partial charge in [0.25, 0.3) is 0 Å². The van der Waals surface area contributed by atoms with Crippen LogP contribution in [0.5, 0.6) is 0 Å². The van der Waals surface area contributed by atoms with Crippen molar-refractivity contribution in [3.63, 3.8) is 0 Å². The van der Waals surface area contributed by atoms with Crippen LogP contribution in [0.4, 0.5) is 0 Å². The standard InChI is InChI=1S/C10H18O3S/c1-2-3-6-14-7-8-4-5-9(13-8)10(11)12/h8-9H,2-7H2,1H3,(H,11,12). The van der Waals surface area contributed by atoms with Gasteiger partial charge in [-0.25, -0.2) is 4.79 Å². The zero-order valence-corrected chi connectivity index (χ0v) is 9.39. The maximum absolute atomic E-state index is 10.6. The maximum Gasteiger partial charge on any atom is 0.332 e. The van der Waals surface area contributed by atoms with Crippen molar-refractivity contribution in [2.45, 2.75) is 44.8 Å². The average molecular weight is 218 g/mol. The fourth-order valence-corrected chi connectivity index (χ4v) is 2.64. The Hall–Kier alpha value is -0.220. The molecule has 1 saturated heterocycles. The van der Waals surface area contributed by atoms with E-state index in [1.807, 2.05) is 11.8 Å². The van der Waals surface area contributed by atoms with Crippen LogP contribution in [-0.4, -0.2) is 34.8 Å². The van der Waals surface area contributed by atoms with Crippen LogP contribution in [0.2, 0.25) is 0 Å². The Labute approximate surface area is 89.2 Å². The van der Waals surface area contributed by atoms with Gasteiger partial charge >= 0.3 is 5.97 Å². The fraction of sp³-hybridized carbons (Fsp3) is 0.900. The van der Waals surface area contributed by atoms with Gasteiger partial charge in [-0.3, -0.25) is 0 Å². The molecule has 1 rings (SSSR count). The summed E-state index contributed by atoms with van der Waals surface area (Å²) in [4.78, 5) is 10.6. The molecule has 0 amide bonds. The van der Waals surface area contributed by atoms with Crippen molar-refractivity contribution in [1.29, 1.82) is 0 Å². The Balaban J connectivity index is 2.07. The maximum atomic E-state index is 10.6. The highest BCUT2D eigenvalue weighted by molar-refractivity contribution is 7.99. The third-order valence-electron chi connectivity index (χ3n) is 2.33. The number of thioether (sulfide) groups is 1. The van der Waals surface area contributed by atoms with Crippen LogP contribution in [0, 0.1) is 0 Å². The van der Waals surface area contributed by atoms with Crippen LogP contribution in [0.25, 0.3) is 0 Å². The highest BCUT2D eigenvalue weighted by atomic mass is 32.2. The summed E-state index contributed by atoms with van der Waals surface area (Å²) in [6.45, 7) is 2.17. The van der Waals surface area contributed by atoms with E-state index in [-0.39, 0.29) is 6.10 Å². The van der Waals surface area contributed by atoms with Gasteiger partial charge < -0.3 is 9.84 Å². The molecule has 2 atom stereocenters. The van der Waals surface area contributed by atoms with Gasteiger partial charge in [0.15, 0.2) is 6.10 Å². The van der Waals surface area contributed by atoms with Crippen molar-refractivity contribution >= 4 is 17.7 Å². The van der Waals surface area contributed by atoms with Crippen molar-refractivity contribution in [3.8, 4) is 0 Å². The van der Waals surface area contributed by atoms with E-state index >= 15 is 0 Å². The van der Waals surface area contributed by atoms with Gasteiger partial charge in [0.2, 0.25) is 0 Å². The van der Waals surface area contributed by atoms with Gasteiger partial charge in [0, 0.05) is 5.75 Å². The first-order valence-corrected chi connectivity index (χ1v) is 6.35. The molecule has 0 spiro atoms. The van der Waals surface area contributed by atoms with Gasteiger partial charge in [0.05, 0.1) is 6.10 Å². The first-order chi connectivity index (χ1) is 6.74. The first-order valence-electron chi connectivity index (χ1n) is 5.20. The number of carbonyl (C=O) groups is 1. The second kappa shape index (κ2) is 6.30. The zero-order valence-electron chi connectivity index (χ0n) is 8.57. The van der Waals surface area contributed by atoms with Gasteiger partial charge in [-0.15, -0.1) is 0 Å². The summed E-state index contributed by atoms with van der Waals surface area (Å²) in [6, 6.07) is 0. The Morgan fingerprint density at radius 2 is 2.36 bits per heavy atom. The van der Waals surface area contributed by atoms with Crippen molar-refractivity contribution in [2.75, 3.05) is 11.5 Å². The normalized spacial score (nSPS) is 26.6. The molecule has 1 aliphatic rings. The third kappa shape index (κ3) is 3.88. The molecule has 0 aromatic carbocycles. The third-order valence-corrected chi connectivity index (χ3v) is 3.51. The predicted molar refractivity (Wildman–Crippen MR) is 57.8 cm³/mol. The van der Waals surface area contributed by atoms with Crippen molar-refractivity contribution < 1.29 is 14.6 Å².